The lowest BCUT2D eigenvalue weighted by molar-refractivity contribution is 0.313. The lowest BCUT2D eigenvalue weighted by Crippen LogP contribution is -1.97. The van der Waals surface area contributed by atoms with Gasteiger partial charge in [-0.05, 0) is 24.6 Å². The summed E-state index contributed by atoms with van der Waals surface area (Å²) in [5.41, 5.74) is 0. The van der Waals surface area contributed by atoms with Crippen LogP contribution in [0.3, 0.4) is 0 Å². The molecule has 0 aromatic heterocycles. The zero-order valence-corrected chi connectivity index (χ0v) is 10.7. The van der Waals surface area contributed by atoms with Crippen LogP contribution >= 0.6 is 0 Å². The van der Waals surface area contributed by atoms with Gasteiger partial charge in [0.05, 0.1) is 13.7 Å². The Bertz CT molecular complexity index is 537. The number of hydrogen-bond donors (Lipinski definition) is 0. The Balaban J connectivity index is 2.40. The van der Waals surface area contributed by atoms with Gasteiger partial charge in [-0.15, -0.1) is 0 Å². The van der Waals surface area contributed by atoms with Crippen LogP contribution in [0.2, 0.25) is 0 Å². The number of hydrogen-bond acceptors (Lipinski definition) is 2. The number of halogens is 1. The van der Waals surface area contributed by atoms with E-state index in [1.807, 2.05) is 12.1 Å². The van der Waals surface area contributed by atoms with Crippen molar-refractivity contribution in [2.45, 2.75) is 19.8 Å². The van der Waals surface area contributed by atoms with Gasteiger partial charge in [0.15, 0.2) is 11.6 Å². The van der Waals surface area contributed by atoms with Gasteiger partial charge in [-0.1, -0.05) is 25.5 Å². The van der Waals surface area contributed by atoms with Crippen molar-refractivity contribution in [3.05, 3.63) is 36.1 Å². The van der Waals surface area contributed by atoms with Crippen LogP contribution in [-0.4, -0.2) is 13.7 Å². The van der Waals surface area contributed by atoms with E-state index in [1.165, 1.54) is 7.11 Å². The Morgan fingerprint density at radius 1 is 1.06 bits per heavy atom. The predicted molar refractivity (Wildman–Crippen MR) is 70.9 cm³/mol. The van der Waals surface area contributed by atoms with E-state index in [2.05, 4.69) is 6.92 Å². The fourth-order valence-corrected chi connectivity index (χ4v) is 1.88. The lowest BCUT2D eigenvalue weighted by Gasteiger charge is -2.10. The molecular formula is C15H17FO2. The van der Waals surface area contributed by atoms with Gasteiger partial charge in [0.25, 0.3) is 0 Å². The Morgan fingerprint density at radius 2 is 1.89 bits per heavy atom. The van der Waals surface area contributed by atoms with Crippen molar-refractivity contribution >= 4 is 10.8 Å². The van der Waals surface area contributed by atoms with Crippen molar-refractivity contribution in [2.24, 2.45) is 0 Å². The minimum atomic E-state index is -0.337. The first-order chi connectivity index (χ1) is 8.77. The molecule has 0 saturated carbocycles. The quantitative estimate of drug-likeness (QED) is 0.739. The lowest BCUT2D eigenvalue weighted by atomic mass is 10.1. The summed E-state index contributed by atoms with van der Waals surface area (Å²) in [4.78, 5) is 0. The van der Waals surface area contributed by atoms with Gasteiger partial charge in [0, 0.05) is 10.8 Å². The Morgan fingerprint density at radius 3 is 2.61 bits per heavy atom. The highest BCUT2D eigenvalue weighted by atomic mass is 19.1. The summed E-state index contributed by atoms with van der Waals surface area (Å²) in [5, 5.41) is 1.32. The predicted octanol–water partition coefficient (Wildman–Crippen LogP) is 4.17. The fraction of sp³-hybridized carbons (Fsp3) is 0.333. The molecule has 2 aromatic carbocycles. The molecule has 0 spiro atoms. The first kappa shape index (κ1) is 12.7. The van der Waals surface area contributed by atoms with Crippen LogP contribution < -0.4 is 9.47 Å². The van der Waals surface area contributed by atoms with Crippen molar-refractivity contribution in [2.75, 3.05) is 13.7 Å². The van der Waals surface area contributed by atoms with Gasteiger partial charge in [-0.3, -0.25) is 0 Å². The van der Waals surface area contributed by atoms with E-state index in [0.29, 0.717) is 12.0 Å². The first-order valence-electron chi connectivity index (χ1n) is 6.16. The van der Waals surface area contributed by atoms with Crippen LogP contribution in [0.15, 0.2) is 30.3 Å². The van der Waals surface area contributed by atoms with E-state index in [0.717, 1.165) is 24.0 Å². The third-order valence-electron chi connectivity index (χ3n) is 2.90. The van der Waals surface area contributed by atoms with Crippen LogP contribution in [0, 0.1) is 5.82 Å². The molecule has 2 nitrogen and oxygen atoms in total. The number of benzene rings is 2. The minimum Gasteiger partial charge on any atom is -0.494 e. The van der Waals surface area contributed by atoms with Crippen LogP contribution in [0.1, 0.15) is 19.8 Å². The summed E-state index contributed by atoms with van der Waals surface area (Å²) < 4.78 is 24.7. The summed E-state index contributed by atoms with van der Waals surface area (Å²) in [6.45, 7) is 2.76. The molecule has 0 aliphatic carbocycles. The molecular weight excluding hydrogens is 231 g/mol. The van der Waals surface area contributed by atoms with Gasteiger partial charge in [0.1, 0.15) is 5.75 Å². The molecule has 2 rings (SSSR count). The van der Waals surface area contributed by atoms with Crippen LogP contribution in [0.4, 0.5) is 4.39 Å². The fourth-order valence-electron chi connectivity index (χ4n) is 1.88. The Hall–Kier alpha value is -1.77. The van der Waals surface area contributed by atoms with E-state index in [4.69, 9.17) is 9.47 Å². The van der Waals surface area contributed by atoms with Crippen LogP contribution in [-0.2, 0) is 0 Å². The van der Waals surface area contributed by atoms with Crippen molar-refractivity contribution in [1.82, 2.24) is 0 Å². The maximum absolute atomic E-state index is 14.1. The zero-order valence-electron chi connectivity index (χ0n) is 10.7. The van der Waals surface area contributed by atoms with Crippen LogP contribution in [0.5, 0.6) is 11.5 Å². The molecule has 0 atom stereocenters. The Kier molecular flexibility index (Phi) is 4.03. The monoisotopic (exact) mass is 248 g/mol. The second kappa shape index (κ2) is 5.71. The normalized spacial score (nSPS) is 10.6. The molecule has 0 heterocycles. The highest BCUT2D eigenvalue weighted by molar-refractivity contribution is 5.90. The first-order valence-corrected chi connectivity index (χ1v) is 6.16. The number of unbranched alkanes of at least 4 members (excludes halogenated alkanes) is 1. The van der Waals surface area contributed by atoms with Crippen LogP contribution in [0.25, 0.3) is 10.8 Å². The maximum Gasteiger partial charge on any atom is 0.172 e. The number of methoxy groups -OCH3 is 1. The van der Waals surface area contributed by atoms with E-state index < -0.39 is 0 Å². The average Bonchev–Trinajstić information content (AvgIpc) is 2.40. The summed E-state index contributed by atoms with van der Waals surface area (Å²) in [6.07, 6.45) is 2.07. The zero-order chi connectivity index (χ0) is 13.0. The largest absolute Gasteiger partial charge is 0.494 e. The van der Waals surface area contributed by atoms with Crippen molar-refractivity contribution in [1.29, 1.82) is 0 Å². The van der Waals surface area contributed by atoms with Gasteiger partial charge in [-0.25, -0.2) is 4.39 Å². The van der Waals surface area contributed by atoms with Gasteiger partial charge in [0.2, 0.25) is 0 Å². The molecule has 0 amide bonds. The summed E-state index contributed by atoms with van der Waals surface area (Å²) in [6, 6.07) is 8.86. The highest BCUT2D eigenvalue weighted by Gasteiger charge is 2.10. The minimum absolute atomic E-state index is 0.258. The van der Waals surface area contributed by atoms with Gasteiger partial charge >= 0.3 is 0 Å². The molecule has 0 radical (unpaired) electrons. The molecule has 0 unspecified atom stereocenters. The maximum atomic E-state index is 14.1. The third kappa shape index (κ3) is 2.40. The van der Waals surface area contributed by atoms with Crippen molar-refractivity contribution < 1.29 is 13.9 Å². The van der Waals surface area contributed by atoms with Gasteiger partial charge in [-0.2, -0.15) is 0 Å². The summed E-state index contributed by atoms with van der Waals surface area (Å²) in [5.74, 6) is 0.645. The molecule has 0 bridgehead atoms. The smallest absolute Gasteiger partial charge is 0.172 e. The molecule has 0 N–H and O–H groups in total. The van der Waals surface area contributed by atoms with E-state index in [9.17, 15) is 4.39 Å². The highest BCUT2D eigenvalue weighted by Crippen LogP contribution is 2.32. The summed E-state index contributed by atoms with van der Waals surface area (Å²) in [7, 11) is 1.46. The standard InChI is InChI=1S/C15H17FO2/c1-3-4-10-18-13-7-5-6-12-11(13)8-9-14(17-2)15(12)16/h5-9H,3-4,10H2,1-2H3. The van der Waals surface area contributed by atoms with Gasteiger partial charge < -0.3 is 9.47 Å². The third-order valence-corrected chi connectivity index (χ3v) is 2.90. The Labute approximate surface area is 106 Å². The molecule has 96 valence electrons. The van der Waals surface area contributed by atoms with Crippen molar-refractivity contribution in [3.8, 4) is 11.5 Å². The molecule has 0 saturated heterocycles. The van der Waals surface area contributed by atoms with Crippen molar-refractivity contribution in [3.63, 3.8) is 0 Å². The molecule has 2 aromatic rings. The number of fused-ring (bicyclic) bond motifs is 1. The molecule has 0 aliphatic heterocycles. The number of ether oxygens (including phenoxy) is 2. The molecule has 0 fully saturated rings. The van der Waals surface area contributed by atoms with E-state index >= 15 is 0 Å². The second-order valence-corrected chi connectivity index (χ2v) is 4.14. The number of rotatable bonds is 5. The summed E-state index contributed by atoms with van der Waals surface area (Å²) >= 11 is 0. The SMILES string of the molecule is CCCCOc1cccc2c(F)c(OC)ccc12. The molecule has 3 heteroatoms. The molecule has 18 heavy (non-hydrogen) atoms. The average molecular weight is 248 g/mol. The molecule has 0 aliphatic rings. The topological polar surface area (TPSA) is 18.5 Å². The van der Waals surface area contributed by atoms with E-state index in [-0.39, 0.29) is 11.6 Å². The van der Waals surface area contributed by atoms with E-state index in [1.54, 1.807) is 18.2 Å². The second-order valence-electron chi connectivity index (χ2n) is 4.14.